The van der Waals surface area contributed by atoms with Crippen LogP contribution in [0.5, 0.6) is 0 Å². The van der Waals surface area contributed by atoms with Crippen LogP contribution in [0.4, 0.5) is 0 Å². The van der Waals surface area contributed by atoms with Gasteiger partial charge in [0.05, 0.1) is 6.20 Å². The lowest BCUT2D eigenvalue weighted by atomic mass is 10.0. The van der Waals surface area contributed by atoms with E-state index in [1.54, 1.807) is 6.20 Å². The first-order valence-electron chi connectivity index (χ1n) is 4.58. The SMILES string of the molecule is Cc1ccc(-c2cn[nH]c2C(N)=O)cc1. The van der Waals surface area contributed by atoms with Crippen molar-refractivity contribution < 1.29 is 4.79 Å². The summed E-state index contributed by atoms with van der Waals surface area (Å²) in [6.07, 6.45) is 1.60. The van der Waals surface area contributed by atoms with E-state index < -0.39 is 5.91 Å². The highest BCUT2D eigenvalue weighted by Crippen LogP contribution is 2.21. The van der Waals surface area contributed by atoms with Gasteiger partial charge in [-0.05, 0) is 12.5 Å². The molecule has 2 rings (SSSR count). The molecule has 1 aromatic heterocycles. The Bertz CT molecular complexity index is 485. The summed E-state index contributed by atoms with van der Waals surface area (Å²) in [7, 11) is 0. The Kier molecular flexibility index (Phi) is 2.25. The van der Waals surface area contributed by atoms with Crippen LogP contribution in [0.25, 0.3) is 11.1 Å². The number of rotatable bonds is 2. The molecule has 0 atom stereocenters. The second-order valence-electron chi connectivity index (χ2n) is 3.39. The number of primary amides is 1. The molecule has 1 aromatic carbocycles. The Morgan fingerprint density at radius 2 is 2.00 bits per heavy atom. The van der Waals surface area contributed by atoms with E-state index in [1.807, 2.05) is 31.2 Å². The van der Waals surface area contributed by atoms with E-state index >= 15 is 0 Å². The number of aromatic amines is 1. The van der Waals surface area contributed by atoms with Gasteiger partial charge in [-0.2, -0.15) is 5.10 Å². The molecule has 0 saturated heterocycles. The maximum absolute atomic E-state index is 11.1. The Balaban J connectivity index is 2.49. The van der Waals surface area contributed by atoms with Gasteiger partial charge in [0, 0.05) is 5.56 Å². The minimum Gasteiger partial charge on any atom is -0.364 e. The van der Waals surface area contributed by atoms with Gasteiger partial charge in [0.25, 0.3) is 5.91 Å². The fraction of sp³-hybridized carbons (Fsp3) is 0.0909. The van der Waals surface area contributed by atoms with Gasteiger partial charge in [-0.25, -0.2) is 0 Å². The molecule has 0 saturated carbocycles. The predicted octanol–water partition coefficient (Wildman–Crippen LogP) is 1.48. The van der Waals surface area contributed by atoms with Crippen molar-refractivity contribution in [3.63, 3.8) is 0 Å². The normalized spacial score (nSPS) is 10.2. The molecule has 4 nitrogen and oxygen atoms in total. The van der Waals surface area contributed by atoms with Crippen molar-refractivity contribution in [1.82, 2.24) is 10.2 Å². The van der Waals surface area contributed by atoms with E-state index in [2.05, 4.69) is 10.2 Å². The zero-order chi connectivity index (χ0) is 10.8. The lowest BCUT2D eigenvalue weighted by Crippen LogP contribution is -2.12. The van der Waals surface area contributed by atoms with E-state index in [-0.39, 0.29) is 0 Å². The number of hydrogen-bond donors (Lipinski definition) is 2. The van der Waals surface area contributed by atoms with Crippen molar-refractivity contribution >= 4 is 5.91 Å². The van der Waals surface area contributed by atoms with Crippen LogP contribution >= 0.6 is 0 Å². The summed E-state index contributed by atoms with van der Waals surface area (Å²) < 4.78 is 0. The second kappa shape index (κ2) is 3.57. The number of benzene rings is 1. The Morgan fingerprint density at radius 1 is 1.33 bits per heavy atom. The smallest absolute Gasteiger partial charge is 0.267 e. The van der Waals surface area contributed by atoms with Crippen molar-refractivity contribution in [2.45, 2.75) is 6.92 Å². The largest absolute Gasteiger partial charge is 0.364 e. The van der Waals surface area contributed by atoms with Crippen molar-refractivity contribution in [3.05, 3.63) is 41.7 Å². The van der Waals surface area contributed by atoms with Crippen LogP contribution in [0.1, 0.15) is 16.1 Å². The molecule has 76 valence electrons. The zero-order valence-corrected chi connectivity index (χ0v) is 8.32. The highest BCUT2D eigenvalue weighted by molar-refractivity contribution is 5.97. The average Bonchev–Trinajstić information content (AvgIpc) is 2.67. The van der Waals surface area contributed by atoms with Gasteiger partial charge in [0.15, 0.2) is 0 Å². The lowest BCUT2D eigenvalue weighted by Gasteiger charge is -2.00. The van der Waals surface area contributed by atoms with Gasteiger partial charge in [0.1, 0.15) is 5.69 Å². The van der Waals surface area contributed by atoms with Gasteiger partial charge >= 0.3 is 0 Å². The molecular weight excluding hydrogens is 190 g/mol. The third-order valence-electron chi connectivity index (χ3n) is 2.25. The molecule has 0 aliphatic heterocycles. The quantitative estimate of drug-likeness (QED) is 0.772. The molecule has 15 heavy (non-hydrogen) atoms. The van der Waals surface area contributed by atoms with Crippen molar-refractivity contribution in [3.8, 4) is 11.1 Å². The fourth-order valence-corrected chi connectivity index (χ4v) is 1.43. The van der Waals surface area contributed by atoms with Crippen molar-refractivity contribution in [2.24, 2.45) is 5.73 Å². The molecule has 3 N–H and O–H groups in total. The van der Waals surface area contributed by atoms with Crippen LogP contribution in [0.3, 0.4) is 0 Å². The molecule has 0 fully saturated rings. The summed E-state index contributed by atoms with van der Waals surface area (Å²) in [5.74, 6) is -0.497. The summed E-state index contributed by atoms with van der Waals surface area (Å²) in [5.41, 5.74) is 8.40. The van der Waals surface area contributed by atoms with Gasteiger partial charge in [0.2, 0.25) is 0 Å². The number of nitrogens with two attached hydrogens (primary N) is 1. The number of carbonyl (C=O) groups is 1. The number of aromatic nitrogens is 2. The fourth-order valence-electron chi connectivity index (χ4n) is 1.43. The van der Waals surface area contributed by atoms with Crippen molar-refractivity contribution in [2.75, 3.05) is 0 Å². The molecule has 0 aliphatic carbocycles. The van der Waals surface area contributed by atoms with Crippen molar-refractivity contribution in [1.29, 1.82) is 0 Å². The number of H-pyrrole nitrogens is 1. The topological polar surface area (TPSA) is 71.8 Å². The van der Waals surface area contributed by atoms with E-state index in [0.29, 0.717) is 5.69 Å². The minimum atomic E-state index is -0.497. The number of nitrogens with zero attached hydrogens (tertiary/aromatic N) is 1. The third kappa shape index (κ3) is 1.74. The van der Waals surface area contributed by atoms with Crippen LogP contribution in [0.15, 0.2) is 30.5 Å². The molecular formula is C11H11N3O. The van der Waals surface area contributed by atoms with Crippen LogP contribution in [-0.4, -0.2) is 16.1 Å². The van der Waals surface area contributed by atoms with E-state index in [0.717, 1.165) is 11.1 Å². The monoisotopic (exact) mass is 201 g/mol. The minimum absolute atomic E-state index is 0.346. The van der Waals surface area contributed by atoms with Gasteiger partial charge < -0.3 is 5.73 Å². The molecule has 4 heteroatoms. The summed E-state index contributed by atoms with van der Waals surface area (Å²) in [6, 6.07) is 7.83. The first-order valence-corrected chi connectivity index (χ1v) is 4.58. The number of hydrogen-bond acceptors (Lipinski definition) is 2. The Hall–Kier alpha value is -2.10. The highest BCUT2D eigenvalue weighted by Gasteiger charge is 2.11. The molecule has 0 radical (unpaired) electrons. The van der Waals surface area contributed by atoms with Gasteiger partial charge in [-0.1, -0.05) is 29.8 Å². The predicted molar refractivity (Wildman–Crippen MR) is 57.3 cm³/mol. The summed E-state index contributed by atoms with van der Waals surface area (Å²) in [6.45, 7) is 2.01. The first kappa shape index (κ1) is 9.45. The molecule has 2 aromatic rings. The third-order valence-corrected chi connectivity index (χ3v) is 2.25. The molecule has 1 amide bonds. The van der Waals surface area contributed by atoms with Crippen LogP contribution < -0.4 is 5.73 Å². The molecule has 1 heterocycles. The maximum atomic E-state index is 11.1. The highest BCUT2D eigenvalue weighted by atomic mass is 16.1. The molecule has 0 aliphatic rings. The Morgan fingerprint density at radius 3 is 2.60 bits per heavy atom. The summed E-state index contributed by atoms with van der Waals surface area (Å²) >= 11 is 0. The summed E-state index contributed by atoms with van der Waals surface area (Å²) in [4.78, 5) is 11.1. The summed E-state index contributed by atoms with van der Waals surface area (Å²) in [5, 5.41) is 6.41. The van der Waals surface area contributed by atoms with E-state index in [4.69, 9.17) is 5.73 Å². The van der Waals surface area contributed by atoms with E-state index in [1.165, 1.54) is 5.56 Å². The van der Waals surface area contributed by atoms with Gasteiger partial charge in [-0.3, -0.25) is 9.89 Å². The number of aryl methyl sites for hydroxylation is 1. The maximum Gasteiger partial charge on any atom is 0.267 e. The van der Waals surface area contributed by atoms with Crippen LogP contribution in [-0.2, 0) is 0 Å². The van der Waals surface area contributed by atoms with E-state index in [9.17, 15) is 4.79 Å². The number of amides is 1. The standard InChI is InChI=1S/C11H11N3O/c1-7-2-4-8(5-3-7)9-6-13-14-10(9)11(12)15/h2-6H,1H3,(H2,12,15)(H,13,14). The lowest BCUT2D eigenvalue weighted by molar-refractivity contribution is 0.0996. The van der Waals surface area contributed by atoms with Crippen LogP contribution in [0, 0.1) is 6.92 Å². The average molecular weight is 201 g/mol. The van der Waals surface area contributed by atoms with Crippen LogP contribution in [0.2, 0.25) is 0 Å². The zero-order valence-electron chi connectivity index (χ0n) is 8.32. The molecule has 0 bridgehead atoms. The molecule has 0 unspecified atom stereocenters. The number of carbonyl (C=O) groups excluding carboxylic acids is 1. The number of nitrogens with one attached hydrogen (secondary N) is 1. The molecule has 0 spiro atoms. The van der Waals surface area contributed by atoms with Gasteiger partial charge in [-0.15, -0.1) is 0 Å². The first-order chi connectivity index (χ1) is 7.18. The Labute approximate surface area is 87.1 Å². The second-order valence-corrected chi connectivity index (χ2v) is 3.39.